The number of nitrogens with one attached hydrogen (secondary N) is 2. The molecule has 0 aromatic heterocycles. The first-order valence-corrected chi connectivity index (χ1v) is 10.1. The summed E-state index contributed by atoms with van der Waals surface area (Å²) in [6.07, 6.45) is 4.20. The minimum absolute atomic E-state index is 0.0166. The molecule has 138 valence electrons. The molecule has 1 aromatic carbocycles. The highest BCUT2D eigenvalue weighted by Gasteiger charge is 2.22. The second-order valence-electron chi connectivity index (χ2n) is 6.92. The molecule has 0 bridgehead atoms. The molecule has 5 nitrogen and oxygen atoms in total. The number of carbonyl (C=O) groups excluding carboxylic acids is 2. The lowest BCUT2D eigenvalue weighted by atomic mass is 9.97. The van der Waals surface area contributed by atoms with E-state index in [0.29, 0.717) is 19.0 Å². The molecule has 0 spiro atoms. The Labute approximate surface area is 154 Å². The monoisotopic (exact) mass is 363 g/mol. The maximum atomic E-state index is 12.3. The summed E-state index contributed by atoms with van der Waals surface area (Å²) in [5.41, 5.74) is 0.834. The number of anilines is 1. The number of nitrogens with zero attached hydrogens (tertiary/aromatic N) is 1. The van der Waals surface area contributed by atoms with Crippen molar-refractivity contribution in [2.45, 2.75) is 31.6 Å². The van der Waals surface area contributed by atoms with E-state index in [9.17, 15) is 9.59 Å². The summed E-state index contributed by atoms with van der Waals surface area (Å²) in [6.45, 7) is 6.70. The lowest BCUT2D eigenvalue weighted by Gasteiger charge is -2.32. The van der Waals surface area contributed by atoms with Gasteiger partial charge in [-0.1, -0.05) is 13.8 Å². The Hall–Kier alpha value is -1.53. The molecular weight excluding hydrogens is 334 g/mol. The lowest BCUT2D eigenvalue weighted by molar-refractivity contribution is -0.124. The topological polar surface area (TPSA) is 61.4 Å². The van der Waals surface area contributed by atoms with Crippen molar-refractivity contribution in [1.82, 2.24) is 10.2 Å². The predicted octanol–water partition coefficient (Wildman–Crippen LogP) is 2.83. The quantitative estimate of drug-likeness (QED) is 0.731. The molecule has 1 aliphatic rings. The van der Waals surface area contributed by atoms with Crippen LogP contribution in [-0.4, -0.2) is 49.1 Å². The summed E-state index contributed by atoms with van der Waals surface area (Å²) < 4.78 is 0. The third kappa shape index (κ3) is 6.71. The Morgan fingerprint density at radius 3 is 2.64 bits per heavy atom. The fraction of sp³-hybridized carbons (Fsp3) is 0.579. The first-order chi connectivity index (χ1) is 12.0. The van der Waals surface area contributed by atoms with Crippen molar-refractivity contribution in [3.8, 4) is 0 Å². The molecule has 0 aliphatic carbocycles. The fourth-order valence-electron chi connectivity index (χ4n) is 2.99. The third-order valence-electron chi connectivity index (χ3n) is 4.43. The zero-order valence-electron chi connectivity index (χ0n) is 15.4. The third-order valence-corrected chi connectivity index (χ3v) is 5.18. The van der Waals surface area contributed by atoms with Gasteiger partial charge in [0.2, 0.25) is 11.8 Å². The van der Waals surface area contributed by atoms with E-state index in [1.807, 2.05) is 44.4 Å². The highest BCUT2D eigenvalue weighted by Crippen LogP contribution is 2.18. The molecule has 2 rings (SSSR count). The van der Waals surface area contributed by atoms with Gasteiger partial charge in [0, 0.05) is 29.6 Å². The van der Waals surface area contributed by atoms with Gasteiger partial charge < -0.3 is 10.6 Å². The van der Waals surface area contributed by atoms with Gasteiger partial charge in [0.1, 0.15) is 0 Å². The van der Waals surface area contributed by atoms with E-state index in [1.165, 1.54) is 4.90 Å². The van der Waals surface area contributed by atoms with E-state index in [4.69, 9.17) is 0 Å². The van der Waals surface area contributed by atoms with E-state index in [-0.39, 0.29) is 17.7 Å². The van der Waals surface area contributed by atoms with Gasteiger partial charge in [0.05, 0.1) is 6.54 Å². The SMILES string of the molecule is CSc1ccc(NC(=O)CN2CCCC(CNC(=O)C(C)C)C2)cc1. The average molecular weight is 364 g/mol. The Bertz CT molecular complexity index is 575. The van der Waals surface area contributed by atoms with Crippen LogP contribution < -0.4 is 10.6 Å². The molecule has 25 heavy (non-hydrogen) atoms. The van der Waals surface area contributed by atoms with E-state index in [0.717, 1.165) is 31.6 Å². The van der Waals surface area contributed by atoms with Crippen LogP contribution in [0.2, 0.25) is 0 Å². The molecule has 0 radical (unpaired) electrons. The smallest absolute Gasteiger partial charge is 0.238 e. The van der Waals surface area contributed by atoms with Gasteiger partial charge in [-0.05, 0) is 55.8 Å². The molecule has 2 amide bonds. The molecule has 1 unspecified atom stereocenters. The molecule has 1 aliphatic heterocycles. The van der Waals surface area contributed by atoms with Crippen LogP contribution in [0, 0.1) is 11.8 Å². The van der Waals surface area contributed by atoms with Gasteiger partial charge >= 0.3 is 0 Å². The van der Waals surface area contributed by atoms with Gasteiger partial charge in [-0.3, -0.25) is 14.5 Å². The highest BCUT2D eigenvalue weighted by molar-refractivity contribution is 7.98. The number of hydrogen-bond acceptors (Lipinski definition) is 4. The summed E-state index contributed by atoms with van der Waals surface area (Å²) in [5, 5.41) is 5.97. The van der Waals surface area contributed by atoms with Crippen LogP contribution in [0.25, 0.3) is 0 Å². The number of thioether (sulfide) groups is 1. The van der Waals surface area contributed by atoms with Gasteiger partial charge in [0.15, 0.2) is 0 Å². The van der Waals surface area contributed by atoms with E-state index < -0.39 is 0 Å². The van der Waals surface area contributed by atoms with E-state index >= 15 is 0 Å². The predicted molar refractivity (Wildman–Crippen MR) is 104 cm³/mol. The molecule has 1 heterocycles. The highest BCUT2D eigenvalue weighted by atomic mass is 32.2. The minimum Gasteiger partial charge on any atom is -0.356 e. The summed E-state index contributed by atoms with van der Waals surface area (Å²) in [6, 6.07) is 7.89. The van der Waals surface area contributed by atoms with Crippen molar-refractivity contribution in [2.24, 2.45) is 11.8 Å². The zero-order chi connectivity index (χ0) is 18.2. The maximum absolute atomic E-state index is 12.3. The standard InChI is InChI=1S/C19H29N3O2S/c1-14(2)19(24)20-11-15-5-4-10-22(12-15)13-18(23)21-16-6-8-17(25-3)9-7-16/h6-9,14-15H,4-5,10-13H2,1-3H3,(H,20,24)(H,21,23). The molecule has 0 saturated carbocycles. The number of benzene rings is 1. The largest absolute Gasteiger partial charge is 0.356 e. The Kier molecular flexibility index (Phi) is 7.78. The Morgan fingerprint density at radius 2 is 2.00 bits per heavy atom. The van der Waals surface area contributed by atoms with Gasteiger partial charge in [-0.2, -0.15) is 0 Å². The first-order valence-electron chi connectivity index (χ1n) is 8.92. The second-order valence-corrected chi connectivity index (χ2v) is 7.80. The number of rotatable bonds is 7. The summed E-state index contributed by atoms with van der Waals surface area (Å²) in [7, 11) is 0. The van der Waals surface area contributed by atoms with Crippen molar-refractivity contribution in [2.75, 3.05) is 37.8 Å². The van der Waals surface area contributed by atoms with Crippen LogP contribution >= 0.6 is 11.8 Å². The molecule has 1 saturated heterocycles. The van der Waals surface area contributed by atoms with E-state index in [1.54, 1.807) is 11.8 Å². The summed E-state index contributed by atoms with van der Waals surface area (Å²) in [4.78, 5) is 27.3. The van der Waals surface area contributed by atoms with Crippen molar-refractivity contribution in [3.63, 3.8) is 0 Å². The maximum Gasteiger partial charge on any atom is 0.238 e. The van der Waals surface area contributed by atoms with Gasteiger partial charge in [0.25, 0.3) is 0 Å². The number of piperidine rings is 1. The molecule has 1 fully saturated rings. The summed E-state index contributed by atoms with van der Waals surface area (Å²) in [5.74, 6) is 0.556. The van der Waals surface area contributed by atoms with Crippen LogP contribution in [0.15, 0.2) is 29.2 Å². The van der Waals surface area contributed by atoms with Crippen molar-refractivity contribution in [3.05, 3.63) is 24.3 Å². The zero-order valence-corrected chi connectivity index (χ0v) is 16.2. The Morgan fingerprint density at radius 1 is 1.28 bits per heavy atom. The van der Waals surface area contributed by atoms with E-state index in [2.05, 4.69) is 15.5 Å². The number of carbonyl (C=O) groups is 2. The first kappa shape index (κ1) is 19.8. The number of likely N-dealkylation sites (tertiary alicyclic amines) is 1. The van der Waals surface area contributed by atoms with Gasteiger partial charge in [-0.15, -0.1) is 11.8 Å². The number of hydrogen-bond donors (Lipinski definition) is 2. The average Bonchev–Trinajstić information content (AvgIpc) is 2.60. The lowest BCUT2D eigenvalue weighted by Crippen LogP contribution is -2.44. The fourth-order valence-corrected chi connectivity index (χ4v) is 3.40. The Balaban J connectivity index is 1.76. The molecule has 2 N–H and O–H groups in total. The van der Waals surface area contributed by atoms with Gasteiger partial charge in [-0.25, -0.2) is 0 Å². The van der Waals surface area contributed by atoms with Crippen LogP contribution in [0.1, 0.15) is 26.7 Å². The molecule has 1 atom stereocenters. The normalized spacial score (nSPS) is 18.2. The van der Waals surface area contributed by atoms with Crippen LogP contribution in [0.5, 0.6) is 0 Å². The second kappa shape index (κ2) is 9.82. The van der Waals surface area contributed by atoms with Crippen molar-refractivity contribution < 1.29 is 9.59 Å². The number of amides is 2. The van der Waals surface area contributed by atoms with Crippen LogP contribution in [-0.2, 0) is 9.59 Å². The molecule has 1 aromatic rings. The van der Waals surface area contributed by atoms with Crippen molar-refractivity contribution in [1.29, 1.82) is 0 Å². The molecule has 6 heteroatoms. The van der Waals surface area contributed by atoms with Crippen LogP contribution in [0.3, 0.4) is 0 Å². The summed E-state index contributed by atoms with van der Waals surface area (Å²) >= 11 is 1.68. The van der Waals surface area contributed by atoms with Crippen LogP contribution in [0.4, 0.5) is 5.69 Å². The van der Waals surface area contributed by atoms with Crippen molar-refractivity contribution >= 4 is 29.3 Å². The minimum atomic E-state index is 0.0166. The molecular formula is C19H29N3O2S.